The van der Waals surface area contributed by atoms with E-state index in [4.69, 9.17) is 0 Å². The van der Waals surface area contributed by atoms with E-state index in [1.54, 1.807) is 6.07 Å². The summed E-state index contributed by atoms with van der Waals surface area (Å²) in [5.74, 6) is 0.769. The summed E-state index contributed by atoms with van der Waals surface area (Å²) in [5, 5.41) is 13.2. The van der Waals surface area contributed by atoms with Crippen LogP contribution in [0.2, 0.25) is 0 Å². The fraction of sp³-hybridized carbons (Fsp3) is 0.600. The molecule has 0 bridgehead atoms. The molecule has 2 aromatic carbocycles. The molecule has 0 saturated heterocycles. The predicted molar refractivity (Wildman–Crippen MR) is 160 cm³/mol. The van der Waals surface area contributed by atoms with Gasteiger partial charge >= 0.3 is 0 Å². The third-order valence-electron chi connectivity index (χ3n) is 11.9. The summed E-state index contributed by atoms with van der Waals surface area (Å²) in [6.45, 7) is 6.58. The molecule has 5 heteroatoms. The van der Waals surface area contributed by atoms with Crippen molar-refractivity contribution in [3.05, 3.63) is 58.7 Å². The van der Waals surface area contributed by atoms with Crippen LogP contribution >= 0.6 is 0 Å². The van der Waals surface area contributed by atoms with Crippen molar-refractivity contribution in [2.75, 3.05) is 19.0 Å². The number of hydrogen-bond acceptors (Lipinski definition) is 4. The van der Waals surface area contributed by atoms with Crippen molar-refractivity contribution in [2.45, 2.75) is 96.3 Å². The van der Waals surface area contributed by atoms with Crippen LogP contribution in [0.4, 0.5) is 5.69 Å². The fourth-order valence-electron chi connectivity index (χ4n) is 9.55. The molecular weight excluding hydrogens is 496 g/mol. The van der Waals surface area contributed by atoms with Crippen LogP contribution in [0.15, 0.2) is 36.4 Å². The molecule has 0 heterocycles. The van der Waals surface area contributed by atoms with Gasteiger partial charge in [-0.1, -0.05) is 45.7 Å². The number of imide groups is 1. The highest BCUT2D eigenvalue weighted by Crippen LogP contribution is 2.58. The Balaban J connectivity index is 1.26. The normalized spacial score (nSPS) is 34.5. The van der Waals surface area contributed by atoms with Gasteiger partial charge < -0.3 is 10.0 Å². The summed E-state index contributed by atoms with van der Waals surface area (Å²) in [6, 6.07) is 12.6. The second kappa shape index (κ2) is 9.63. The number of anilines is 1. The van der Waals surface area contributed by atoms with Crippen LogP contribution in [0.1, 0.15) is 100 Å². The number of phenolic OH excluding ortho intramolecular Hbond substituents is 1. The molecule has 4 aliphatic carbocycles. The number of nitrogens with zero attached hydrogens (tertiary/aromatic N) is 1. The maximum absolute atomic E-state index is 14.2. The Morgan fingerprint density at radius 1 is 0.850 bits per heavy atom. The number of hydrogen-bond donors (Lipinski definition) is 2. The molecule has 1 unspecified atom stereocenters. The summed E-state index contributed by atoms with van der Waals surface area (Å²) in [6.07, 6.45) is 9.50. The van der Waals surface area contributed by atoms with Gasteiger partial charge in [0, 0.05) is 19.8 Å². The number of phenols is 1. The summed E-state index contributed by atoms with van der Waals surface area (Å²) in [4.78, 5) is 30.5. The molecule has 40 heavy (non-hydrogen) atoms. The third kappa shape index (κ3) is 4.10. The van der Waals surface area contributed by atoms with E-state index in [0.717, 1.165) is 64.2 Å². The summed E-state index contributed by atoms with van der Waals surface area (Å²) in [5.41, 5.74) is 5.26. The van der Waals surface area contributed by atoms with Gasteiger partial charge in [0.05, 0.1) is 10.8 Å². The van der Waals surface area contributed by atoms with Crippen molar-refractivity contribution < 1.29 is 14.7 Å². The highest BCUT2D eigenvalue weighted by atomic mass is 16.3. The average Bonchev–Trinajstić information content (AvgIpc) is 2.92. The molecule has 0 aromatic heterocycles. The van der Waals surface area contributed by atoms with Gasteiger partial charge in [0.2, 0.25) is 11.8 Å². The van der Waals surface area contributed by atoms with Crippen molar-refractivity contribution in [3.8, 4) is 5.75 Å². The van der Waals surface area contributed by atoms with Gasteiger partial charge in [-0.05, 0) is 121 Å². The van der Waals surface area contributed by atoms with E-state index in [2.05, 4.69) is 63.3 Å². The lowest BCUT2D eigenvalue weighted by molar-refractivity contribution is -0.149. The highest BCUT2D eigenvalue weighted by molar-refractivity contribution is 6.00. The van der Waals surface area contributed by atoms with E-state index < -0.39 is 10.8 Å². The zero-order chi connectivity index (χ0) is 28.4. The molecular formula is C35H46N2O3. The van der Waals surface area contributed by atoms with E-state index in [1.165, 1.54) is 27.9 Å². The van der Waals surface area contributed by atoms with Crippen LogP contribution in [0.3, 0.4) is 0 Å². The number of benzene rings is 2. The molecule has 2 amide bonds. The topological polar surface area (TPSA) is 69.6 Å². The Morgan fingerprint density at radius 2 is 1.55 bits per heavy atom. The second-order valence-electron chi connectivity index (χ2n) is 14.2. The molecule has 0 radical (unpaired) electrons. The van der Waals surface area contributed by atoms with Gasteiger partial charge in [-0.25, -0.2) is 0 Å². The first-order valence-electron chi connectivity index (χ1n) is 15.5. The predicted octanol–water partition coefficient (Wildman–Crippen LogP) is 6.65. The molecule has 2 fully saturated rings. The minimum Gasteiger partial charge on any atom is -0.508 e. The summed E-state index contributed by atoms with van der Waals surface area (Å²) in [7, 11) is 4.16. The summed E-state index contributed by atoms with van der Waals surface area (Å²) < 4.78 is 0. The SMILES string of the molecule is CN(C)c1ccc2c(c1)[C@@]1(C)CCC[C@](C)(C(=O)NC(=O)[C@@]3(C)CCCC4c5cc(O)ccc5CC[C@H]43)[C@@H]1CC2. The lowest BCUT2D eigenvalue weighted by Crippen LogP contribution is -2.58. The van der Waals surface area contributed by atoms with Crippen LogP contribution < -0.4 is 10.2 Å². The van der Waals surface area contributed by atoms with Gasteiger partial charge in [-0.15, -0.1) is 0 Å². The molecule has 6 atom stereocenters. The van der Waals surface area contributed by atoms with Crippen LogP contribution in [-0.4, -0.2) is 31.0 Å². The van der Waals surface area contributed by atoms with Crippen LogP contribution in [0.5, 0.6) is 5.75 Å². The molecule has 2 aromatic rings. The summed E-state index contributed by atoms with van der Waals surface area (Å²) >= 11 is 0. The molecule has 2 saturated carbocycles. The molecule has 4 aliphatic rings. The largest absolute Gasteiger partial charge is 0.508 e. The number of aryl methyl sites for hydroxylation is 2. The monoisotopic (exact) mass is 542 g/mol. The van der Waals surface area contributed by atoms with E-state index in [-0.39, 0.29) is 35.0 Å². The number of aromatic hydroxyl groups is 1. The second-order valence-corrected chi connectivity index (χ2v) is 14.2. The van der Waals surface area contributed by atoms with Crippen molar-refractivity contribution >= 4 is 17.5 Å². The first-order valence-corrected chi connectivity index (χ1v) is 15.5. The van der Waals surface area contributed by atoms with Gasteiger partial charge in [0.15, 0.2) is 0 Å². The lowest BCUT2D eigenvalue weighted by atomic mass is 9.49. The molecule has 0 aliphatic heterocycles. The Labute approximate surface area is 239 Å². The van der Waals surface area contributed by atoms with Crippen molar-refractivity contribution in [1.29, 1.82) is 0 Å². The Hall–Kier alpha value is -2.82. The molecule has 6 rings (SSSR count). The van der Waals surface area contributed by atoms with Crippen LogP contribution in [0.25, 0.3) is 0 Å². The smallest absolute Gasteiger partial charge is 0.232 e. The average molecular weight is 543 g/mol. The van der Waals surface area contributed by atoms with Gasteiger partial charge in [0.1, 0.15) is 5.75 Å². The molecule has 214 valence electrons. The number of nitrogens with one attached hydrogen (secondary N) is 1. The quantitative estimate of drug-likeness (QED) is 0.426. The molecule has 5 nitrogen and oxygen atoms in total. The number of amides is 2. The van der Waals surface area contributed by atoms with E-state index in [9.17, 15) is 14.7 Å². The van der Waals surface area contributed by atoms with Gasteiger partial charge in [0.25, 0.3) is 0 Å². The van der Waals surface area contributed by atoms with E-state index >= 15 is 0 Å². The van der Waals surface area contributed by atoms with Crippen LogP contribution in [-0.2, 0) is 27.8 Å². The van der Waals surface area contributed by atoms with Crippen molar-refractivity contribution in [3.63, 3.8) is 0 Å². The first-order chi connectivity index (χ1) is 19.0. The van der Waals surface area contributed by atoms with Crippen molar-refractivity contribution in [1.82, 2.24) is 5.32 Å². The standard InChI is InChI=1S/C35H46N2O3/c1-33-18-7-19-35(3,30(33)16-12-23-9-13-24(37(4)5)20-29(23)33)32(40)36-31(39)34(2)17-6-8-26-27-21-25(38)14-10-22(27)11-15-28(26)34/h9-10,13-14,20-21,26,28,30,38H,6-8,11-12,15-19H2,1-5H3,(H,36,39,40)/t26?,28-,30-,33-,34+,35+/m1/s1. The minimum atomic E-state index is -0.587. The van der Waals surface area contributed by atoms with E-state index in [1.807, 2.05) is 12.1 Å². The van der Waals surface area contributed by atoms with Gasteiger partial charge in [-0.2, -0.15) is 0 Å². The Bertz CT molecular complexity index is 1350. The lowest BCUT2D eigenvalue weighted by Gasteiger charge is -2.55. The molecule has 2 N–H and O–H groups in total. The molecule has 0 spiro atoms. The maximum atomic E-state index is 14.2. The fourth-order valence-corrected chi connectivity index (χ4v) is 9.55. The Kier molecular flexibility index (Phi) is 6.59. The Morgan fingerprint density at radius 3 is 2.33 bits per heavy atom. The van der Waals surface area contributed by atoms with Crippen molar-refractivity contribution in [2.24, 2.45) is 22.7 Å². The number of carbonyl (C=O) groups is 2. The first kappa shape index (κ1) is 27.4. The highest BCUT2D eigenvalue weighted by Gasteiger charge is 2.56. The van der Waals surface area contributed by atoms with E-state index in [0.29, 0.717) is 5.75 Å². The minimum absolute atomic E-state index is 0.0714. The zero-order valence-electron chi connectivity index (χ0n) is 25.0. The van der Waals surface area contributed by atoms with Crippen LogP contribution in [0, 0.1) is 22.7 Å². The number of fused-ring (bicyclic) bond motifs is 6. The number of carbonyl (C=O) groups excluding carboxylic acids is 2. The van der Waals surface area contributed by atoms with Gasteiger partial charge in [-0.3, -0.25) is 14.9 Å². The maximum Gasteiger partial charge on any atom is 0.232 e. The zero-order valence-corrected chi connectivity index (χ0v) is 25.0. The third-order valence-corrected chi connectivity index (χ3v) is 11.9. The number of rotatable bonds is 3.